The molecule has 0 bridgehead atoms. The van der Waals surface area contributed by atoms with E-state index in [1.165, 1.54) is 0 Å². The van der Waals surface area contributed by atoms with Gasteiger partial charge in [0.05, 0.1) is 12.2 Å². The number of hydrazine groups is 1. The van der Waals surface area contributed by atoms with E-state index in [1.807, 2.05) is 30.6 Å². The molecule has 0 aliphatic rings. The minimum absolute atomic E-state index is 0.680. The molecule has 0 saturated heterocycles. The summed E-state index contributed by atoms with van der Waals surface area (Å²) in [5, 5.41) is 0. The van der Waals surface area contributed by atoms with Crippen LogP contribution in [0.3, 0.4) is 0 Å². The van der Waals surface area contributed by atoms with Crippen LogP contribution >= 0.6 is 0 Å². The van der Waals surface area contributed by atoms with Gasteiger partial charge in [0, 0.05) is 18.8 Å². The Morgan fingerprint density at radius 3 is 3.06 bits per heavy atom. The van der Waals surface area contributed by atoms with Crippen molar-refractivity contribution < 1.29 is 0 Å². The predicted molar refractivity (Wildman–Crippen MR) is 67.4 cm³/mol. The van der Waals surface area contributed by atoms with Gasteiger partial charge in [-0.05, 0) is 18.6 Å². The van der Waals surface area contributed by atoms with Crippen LogP contribution in [-0.4, -0.2) is 14.5 Å². The van der Waals surface area contributed by atoms with Crippen molar-refractivity contribution >= 4 is 5.82 Å². The molecule has 90 valence electrons. The van der Waals surface area contributed by atoms with Gasteiger partial charge < -0.3 is 9.99 Å². The Balaban J connectivity index is 2.16. The second kappa shape index (κ2) is 5.45. The highest BCUT2D eigenvalue weighted by Gasteiger charge is 2.03. The molecule has 2 heterocycles. The van der Waals surface area contributed by atoms with Crippen molar-refractivity contribution in [2.45, 2.75) is 26.3 Å². The number of imidazole rings is 1. The molecule has 0 spiro atoms. The summed E-state index contributed by atoms with van der Waals surface area (Å²) in [6, 6.07) is 5.76. The summed E-state index contributed by atoms with van der Waals surface area (Å²) in [7, 11) is 0. The second-order valence-corrected chi connectivity index (χ2v) is 3.88. The van der Waals surface area contributed by atoms with Crippen LogP contribution in [0.25, 0.3) is 0 Å². The van der Waals surface area contributed by atoms with Crippen molar-refractivity contribution in [2.75, 3.05) is 5.43 Å². The summed E-state index contributed by atoms with van der Waals surface area (Å²) < 4.78 is 2.12. The molecule has 0 atom stereocenters. The summed E-state index contributed by atoms with van der Waals surface area (Å²) in [6.45, 7) is 2.88. The maximum Gasteiger partial charge on any atom is 0.140 e. The van der Waals surface area contributed by atoms with Gasteiger partial charge in [-0.15, -0.1) is 0 Å². The van der Waals surface area contributed by atoms with Crippen molar-refractivity contribution in [3.8, 4) is 0 Å². The molecule has 0 saturated carbocycles. The van der Waals surface area contributed by atoms with Gasteiger partial charge in [0.1, 0.15) is 11.6 Å². The van der Waals surface area contributed by atoms with Crippen molar-refractivity contribution in [1.82, 2.24) is 14.5 Å². The normalized spacial score (nSPS) is 10.5. The largest absolute Gasteiger partial charge is 0.329 e. The van der Waals surface area contributed by atoms with E-state index in [1.54, 1.807) is 0 Å². The molecule has 3 N–H and O–H groups in total. The van der Waals surface area contributed by atoms with Gasteiger partial charge >= 0.3 is 0 Å². The van der Waals surface area contributed by atoms with Crippen LogP contribution in [0.2, 0.25) is 0 Å². The Hall–Kier alpha value is -1.88. The Bertz CT molecular complexity index is 477. The Kier molecular flexibility index (Phi) is 3.72. The quantitative estimate of drug-likeness (QED) is 0.605. The lowest BCUT2D eigenvalue weighted by atomic mass is 10.3. The van der Waals surface area contributed by atoms with Crippen molar-refractivity contribution in [3.05, 3.63) is 42.1 Å². The third-order valence-electron chi connectivity index (χ3n) is 2.56. The fraction of sp³-hybridized carbons (Fsp3) is 0.333. The maximum atomic E-state index is 5.34. The molecule has 0 fully saturated rings. The zero-order chi connectivity index (χ0) is 12.1. The molecule has 0 aliphatic heterocycles. The molecule has 0 unspecified atom stereocenters. The van der Waals surface area contributed by atoms with E-state index in [-0.39, 0.29) is 0 Å². The lowest BCUT2D eigenvalue weighted by Crippen LogP contribution is -2.11. The molecule has 0 aromatic carbocycles. The minimum Gasteiger partial charge on any atom is -0.329 e. The van der Waals surface area contributed by atoms with Crippen LogP contribution in [0.15, 0.2) is 30.6 Å². The number of aryl methyl sites for hydroxylation is 1. The van der Waals surface area contributed by atoms with E-state index in [9.17, 15) is 0 Å². The van der Waals surface area contributed by atoms with Crippen LogP contribution in [0, 0.1) is 0 Å². The lowest BCUT2D eigenvalue weighted by Gasteiger charge is -2.07. The van der Waals surface area contributed by atoms with E-state index in [2.05, 4.69) is 26.9 Å². The zero-order valence-electron chi connectivity index (χ0n) is 9.93. The monoisotopic (exact) mass is 231 g/mol. The fourth-order valence-electron chi connectivity index (χ4n) is 1.76. The van der Waals surface area contributed by atoms with E-state index >= 15 is 0 Å². The Labute approximate surface area is 101 Å². The Morgan fingerprint density at radius 1 is 1.41 bits per heavy atom. The van der Waals surface area contributed by atoms with Gasteiger partial charge in [0.2, 0.25) is 0 Å². The van der Waals surface area contributed by atoms with Crippen molar-refractivity contribution in [3.63, 3.8) is 0 Å². The summed E-state index contributed by atoms with van der Waals surface area (Å²) >= 11 is 0. The van der Waals surface area contributed by atoms with Crippen LogP contribution in [0.4, 0.5) is 5.82 Å². The average molecular weight is 231 g/mol. The number of nitrogen functional groups attached to an aromatic ring is 1. The first-order valence-corrected chi connectivity index (χ1v) is 5.76. The molecule has 2 rings (SSSR count). The van der Waals surface area contributed by atoms with E-state index < -0.39 is 0 Å². The second-order valence-electron chi connectivity index (χ2n) is 3.88. The molecule has 17 heavy (non-hydrogen) atoms. The number of pyridine rings is 1. The van der Waals surface area contributed by atoms with Crippen molar-refractivity contribution in [1.29, 1.82) is 0 Å². The van der Waals surface area contributed by atoms with Gasteiger partial charge in [-0.3, -0.25) is 0 Å². The van der Waals surface area contributed by atoms with Gasteiger partial charge in [0.25, 0.3) is 0 Å². The molecule has 0 amide bonds. The number of hydrogen-bond acceptors (Lipinski definition) is 4. The van der Waals surface area contributed by atoms with E-state index in [0.717, 1.165) is 30.9 Å². The summed E-state index contributed by atoms with van der Waals surface area (Å²) in [5.41, 5.74) is 3.52. The number of rotatable bonds is 5. The molecule has 2 aromatic heterocycles. The number of nitrogens with zero attached hydrogens (tertiary/aromatic N) is 3. The number of nitrogens with one attached hydrogen (secondary N) is 1. The molecule has 5 nitrogen and oxygen atoms in total. The molecule has 5 heteroatoms. The number of anilines is 1. The van der Waals surface area contributed by atoms with Crippen LogP contribution in [0.1, 0.15) is 24.9 Å². The van der Waals surface area contributed by atoms with Gasteiger partial charge in [-0.2, -0.15) is 0 Å². The average Bonchev–Trinajstić information content (AvgIpc) is 2.78. The highest BCUT2D eigenvalue weighted by Crippen LogP contribution is 2.08. The molecule has 0 aliphatic carbocycles. The predicted octanol–water partition coefficient (Wildman–Crippen LogP) is 1.56. The minimum atomic E-state index is 0.680. The first kappa shape index (κ1) is 11.6. The molecule has 2 aromatic rings. The SMILES string of the molecule is CCCc1nccn1Cc1cccc(NN)n1. The lowest BCUT2D eigenvalue weighted by molar-refractivity contribution is 0.694. The van der Waals surface area contributed by atoms with Gasteiger partial charge in [-0.25, -0.2) is 15.8 Å². The highest BCUT2D eigenvalue weighted by atomic mass is 15.2. The number of aromatic nitrogens is 3. The number of nitrogens with two attached hydrogens (primary N) is 1. The van der Waals surface area contributed by atoms with E-state index in [0.29, 0.717) is 5.82 Å². The Morgan fingerprint density at radius 2 is 2.29 bits per heavy atom. The number of hydrogen-bond donors (Lipinski definition) is 2. The fourth-order valence-corrected chi connectivity index (χ4v) is 1.76. The first-order chi connectivity index (χ1) is 8.33. The molecular formula is C12H17N5. The zero-order valence-corrected chi connectivity index (χ0v) is 9.93. The standard InChI is InChI=1S/C12H17N5/c1-2-4-12-14-7-8-17(12)9-10-5-3-6-11(15-10)16-13/h3,5-8H,2,4,9,13H2,1H3,(H,15,16). The van der Waals surface area contributed by atoms with E-state index in [4.69, 9.17) is 5.84 Å². The molecule has 0 radical (unpaired) electrons. The molecular weight excluding hydrogens is 214 g/mol. The summed E-state index contributed by atoms with van der Waals surface area (Å²) in [4.78, 5) is 8.72. The smallest absolute Gasteiger partial charge is 0.140 e. The highest BCUT2D eigenvalue weighted by molar-refractivity contribution is 5.33. The first-order valence-electron chi connectivity index (χ1n) is 5.76. The van der Waals surface area contributed by atoms with Crippen LogP contribution < -0.4 is 11.3 Å². The van der Waals surface area contributed by atoms with Crippen LogP contribution in [-0.2, 0) is 13.0 Å². The van der Waals surface area contributed by atoms with Gasteiger partial charge in [0.15, 0.2) is 0 Å². The van der Waals surface area contributed by atoms with Crippen LogP contribution in [0.5, 0.6) is 0 Å². The van der Waals surface area contributed by atoms with Gasteiger partial charge in [-0.1, -0.05) is 13.0 Å². The third kappa shape index (κ3) is 2.82. The maximum absolute atomic E-state index is 5.34. The topological polar surface area (TPSA) is 68.8 Å². The van der Waals surface area contributed by atoms with Crippen molar-refractivity contribution in [2.24, 2.45) is 5.84 Å². The summed E-state index contributed by atoms with van der Waals surface area (Å²) in [6.07, 6.45) is 5.89. The summed E-state index contributed by atoms with van der Waals surface area (Å²) in [5.74, 6) is 7.12. The third-order valence-corrected chi connectivity index (χ3v) is 2.56.